The third kappa shape index (κ3) is 3.27. The fourth-order valence-electron chi connectivity index (χ4n) is 3.49. The quantitative estimate of drug-likeness (QED) is 0.688. The van der Waals surface area contributed by atoms with Crippen LogP contribution in [-0.4, -0.2) is 52.1 Å². The van der Waals surface area contributed by atoms with E-state index in [0.717, 1.165) is 22.3 Å². The van der Waals surface area contributed by atoms with E-state index in [4.69, 9.17) is 11.6 Å². The number of hydrogen-bond donors (Lipinski definition) is 1. The first-order valence-electron chi connectivity index (χ1n) is 8.97. The fraction of sp³-hybridized carbons (Fsp3) is 0.190. The number of rotatable bonds is 3. The number of aromatic nitrogens is 2. The van der Waals surface area contributed by atoms with E-state index in [2.05, 4.69) is 21.4 Å². The van der Waals surface area contributed by atoms with Gasteiger partial charge in [0.15, 0.2) is 0 Å². The molecule has 28 heavy (non-hydrogen) atoms. The second-order valence-corrected chi connectivity index (χ2v) is 6.99. The lowest BCUT2D eigenvalue weighted by molar-refractivity contribution is -0.126. The van der Waals surface area contributed by atoms with Crippen molar-refractivity contribution in [2.24, 2.45) is 0 Å². The number of phenols is 1. The van der Waals surface area contributed by atoms with Gasteiger partial charge in [0.1, 0.15) is 17.9 Å². The minimum atomic E-state index is -0.0548. The summed E-state index contributed by atoms with van der Waals surface area (Å²) in [5.41, 5.74) is 2.12. The van der Waals surface area contributed by atoms with Gasteiger partial charge in [0, 0.05) is 42.7 Å². The molecular weight excluding hydrogens is 376 g/mol. The first-order valence-corrected chi connectivity index (χ1v) is 9.35. The number of nitrogens with zero attached hydrogens (tertiary/aromatic N) is 4. The van der Waals surface area contributed by atoms with Crippen LogP contribution in [0.4, 0.5) is 5.82 Å². The lowest BCUT2D eigenvalue weighted by Gasteiger charge is -2.35. The Balaban J connectivity index is 1.74. The highest BCUT2D eigenvalue weighted by Gasteiger charge is 2.22. The zero-order chi connectivity index (χ0) is 19.7. The first kappa shape index (κ1) is 18.3. The zero-order valence-electron chi connectivity index (χ0n) is 15.2. The largest absolute Gasteiger partial charge is 0.507 e. The van der Waals surface area contributed by atoms with Crippen molar-refractivity contribution < 1.29 is 9.90 Å². The van der Waals surface area contributed by atoms with Gasteiger partial charge in [0.25, 0.3) is 0 Å². The summed E-state index contributed by atoms with van der Waals surface area (Å²) in [4.78, 5) is 24.6. The molecule has 1 N–H and O–H groups in total. The number of aromatic hydroxyl groups is 1. The van der Waals surface area contributed by atoms with Gasteiger partial charge in [-0.15, -0.1) is 0 Å². The molecular formula is C21H19ClN4O2. The third-order valence-corrected chi connectivity index (χ3v) is 5.28. The minimum Gasteiger partial charge on any atom is -0.507 e. The number of piperazine rings is 1. The maximum atomic E-state index is 11.8. The number of phenolic OH excluding ortho intramolecular Hbond substituents is 1. The molecule has 0 atom stereocenters. The molecule has 2 heterocycles. The number of carbonyl (C=O) groups excluding carboxylic acids is 1. The second kappa shape index (κ2) is 7.48. The summed E-state index contributed by atoms with van der Waals surface area (Å²) in [5, 5.41) is 11.6. The molecule has 1 aliphatic rings. The van der Waals surface area contributed by atoms with Crippen LogP contribution in [0.15, 0.2) is 55.4 Å². The number of carbonyl (C=O) groups is 1. The molecule has 0 radical (unpaired) electrons. The van der Waals surface area contributed by atoms with E-state index in [0.29, 0.717) is 36.8 Å². The van der Waals surface area contributed by atoms with E-state index >= 15 is 0 Å². The molecule has 1 saturated heterocycles. The SMILES string of the molecule is C=CC(=O)N1CCN(c2ncnc3cc(Cl)c(-c4ccccc4O)cc23)CC1. The Hall–Kier alpha value is -3.12. The molecule has 1 aliphatic heterocycles. The highest BCUT2D eigenvalue weighted by Crippen LogP contribution is 2.38. The Labute approximate surface area is 167 Å². The predicted molar refractivity (Wildman–Crippen MR) is 111 cm³/mol. The average molecular weight is 395 g/mol. The molecule has 1 aromatic heterocycles. The molecule has 0 saturated carbocycles. The summed E-state index contributed by atoms with van der Waals surface area (Å²) < 4.78 is 0. The summed E-state index contributed by atoms with van der Waals surface area (Å²) in [6, 6.07) is 10.8. The molecule has 0 spiro atoms. The molecule has 2 aromatic carbocycles. The van der Waals surface area contributed by atoms with E-state index in [1.54, 1.807) is 23.1 Å². The molecule has 0 aliphatic carbocycles. The number of amides is 1. The highest BCUT2D eigenvalue weighted by molar-refractivity contribution is 6.34. The maximum Gasteiger partial charge on any atom is 0.246 e. The van der Waals surface area contributed by atoms with Crippen LogP contribution in [0.25, 0.3) is 22.0 Å². The van der Waals surface area contributed by atoms with Crippen molar-refractivity contribution >= 4 is 34.2 Å². The highest BCUT2D eigenvalue weighted by atomic mass is 35.5. The molecule has 3 aromatic rings. The van der Waals surface area contributed by atoms with E-state index in [9.17, 15) is 9.90 Å². The fourth-order valence-corrected chi connectivity index (χ4v) is 3.75. The average Bonchev–Trinajstić information content (AvgIpc) is 2.73. The van der Waals surface area contributed by atoms with Crippen LogP contribution in [0, 0.1) is 0 Å². The van der Waals surface area contributed by atoms with Crippen molar-refractivity contribution in [1.29, 1.82) is 0 Å². The van der Waals surface area contributed by atoms with Crippen LogP contribution in [0.2, 0.25) is 5.02 Å². The van der Waals surface area contributed by atoms with Crippen molar-refractivity contribution in [3.63, 3.8) is 0 Å². The molecule has 6 nitrogen and oxygen atoms in total. The Morgan fingerprint density at radius 3 is 2.57 bits per heavy atom. The molecule has 7 heteroatoms. The number of benzene rings is 2. The monoisotopic (exact) mass is 394 g/mol. The number of halogens is 1. The third-order valence-electron chi connectivity index (χ3n) is 4.96. The van der Waals surface area contributed by atoms with Crippen LogP contribution in [0.3, 0.4) is 0 Å². The van der Waals surface area contributed by atoms with Gasteiger partial charge in [-0.25, -0.2) is 9.97 Å². The topological polar surface area (TPSA) is 69.6 Å². The zero-order valence-corrected chi connectivity index (χ0v) is 15.9. The predicted octanol–water partition coefficient (Wildman–Crippen LogP) is 3.49. The van der Waals surface area contributed by atoms with Gasteiger partial charge in [-0.3, -0.25) is 4.79 Å². The Kier molecular flexibility index (Phi) is 4.88. The maximum absolute atomic E-state index is 11.8. The second-order valence-electron chi connectivity index (χ2n) is 6.58. The molecule has 1 fully saturated rings. The lowest BCUT2D eigenvalue weighted by atomic mass is 10.0. The van der Waals surface area contributed by atoms with Gasteiger partial charge in [-0.1, -0.05) is 36.4 Å². The van der Waals surface area contributed by atoms with Crippen LogP contribution in [0.1, 0.15) is 0 Å². The van der Waals surface area contributed by atoms with E-state index in [-0.39, 0.29) is 11.7 Å². The Morgan fingerprint density at radius 1 is 1.11 bits per heavy atom. The van der Waals surface area contributed by atoms with Crippen molar-refractivity contribution in [3.05, 3.63) is 60.4 Å². The minimum absolute atomic E-state index is 0.0548. The van der Waals surface area contributed by atoms with Crippen LogP contribution in [0.5, 0.6) is 5.75 Å². The molecule has 0 bridgehead atoms. The van der Waals surface area contributed by atoms with Gasteiger partial charge in [0.05, 0.1) is 10.5 Å². The molecule has 0 unspecified atom stereocenters. The van der Waals surface area contributed by atoms with Gasteiger partial charge in [-0.2, -0.15) is 0 Å². The number of fused-ring (bicyclic) bond motifs is 1. The smallest absolute Gasteiger partial charge is 0.246 e. The lowest BCUT2D eigenvalue weighted by Crippen LogP contribution is -2.48. The van der Waals surface area contributed by atoms with Gasteiger partial charge >= 0.3 is 0 Å². The number of para-hydroxylation sites is 1. The van der Waals surface area contributed by atoms with Crippen molar-refractivity contribution in [3.8, 4) is 16.9 Å². The van der Waals surface area contributed by atoms with E-state index in [1.165, 1.54) is 12.4 Å². The van der Waals surface area contributed by atoms with Crippen LogP contribution >= 0.6 is 11.6 Å². The summed E-state index contributed by atoms with van der Waals surface area (Å²) in [7, 11) is 0. The Morgan fingerprint density at radius 2 is 1.86 bits per heavy atom. The standard InChI is InChI=1S/C21H19ClN4O2/c1-2-20(28)25-7-9-26(10-8-25)21-16-11-15(14-5-3-4-6-19(14)27)17(22)12-18(16)23-13-24-21/h2-6,11-13,27H,1,7-10H2. The number of anilines is 1. The number of hydrogen-bond acceptors (Lipinski definition) is 5. The van der Waals surface area contributed by atoms with Gasteiger partial charge in [0.2, 0.25) is 5.91 Å². The van der Waals surface area contributed by atoms with Crippen molar-refractivity contribution in [2.75, 3.05) is 31.1 Å². The molecule has 1 amide bonds. The first-order chi connectivity index (χ1) is 13.6. The normalized spacial score (nSPS) is 14.3. The summed E-state index contributed by atoms with van der Waals surface area (Å²) in [6.45, 7) is 6.10. The molecule has 142 valence electrons. The van der Waals surface area contributed by atoms with Crippen LogP contribution < -0.4 is 4.90 Å². The summed E-state index contributed by atoms with van der Waals surface area (Å²) >= 11 is 6.48. The van der Waals surface area contributed by atoms with E-state index < -0.39 is 0 Å². The summed E-state index contributed by atoms with van der Waals surface area (Å²) in [5.74, 6) is 0.906. The molecule has 4 rings (SSSR count). The van der Waals surface area contributed by atoms with Gasteiger partial charge in [-0.05, 0) is 24.3 Å². The van der Waals surface area contributed by atoms with Crippen LogP contribution in [-0.2, 0) is 4.79 Å². The summed E-state index contributed by atoms with van der Waals surface area (Å²) in [6.07, 6.45) is 2.87. The van der Waals surface area contributed by atoms with Crippen molar-refractivity contribution in [2.45, 2.75) is 0 Å². The van der Waals surface area contributed by atoms with Gasteiger partial charge < -0.3 is 14.9 Å². The Bertz CT molecular complexity index is 1060. The van der Waals surface area contributed by atoms with Crippen molar-refractivity contribution in [1.82, 2.24) is 14.9 Å². The van der Waals surface area contributed by atoms with E-state index in [1.807, 2.05) is 18.2 Å².